The number of hydrogen-bond donors (Lipinski definition) is 1. The molecule has 2 atom stereocenters. The molecule has 0 saturated heterocycles. The van der Waals surface area contributed by atoms with Crippen LogP contribution in [0.3, 0.4) is 0 Å². The SMILES string of the molecule is CCOC(=O)CCCCCOCC1CCCC1CN. The van der Waals surface area contributed by atoms with Crippen LogP contribution >= 0.6 is 0 Å². The van der Waals surface area contributed by atoms with Crippen LogP contribution in [0.4, 0.5) is 0 Å². The highest BCUT2D eigenvalue weighted by Crippen LogP contribution is 2.30. The Morgan fingerprint density at radius 3 is 2.74 bits per heavy atom. The van der Waals surface area contributed by atoms with Gasteiger partial charge in [-0.05, 0) is 51.0 Å². The topological polar surface area (TPSA) is 61.5 Å². The van der Waals surface area contributed by atoms with Gasteiger partial charge in [0.1, 0.15) is 0 Å². The van der Waals surface area contributed by atoms with E-state index in [1.807, 2.05) is 6.92 Å². The zero-order valence-corrected chi connectivity index (χ0v) is 12.2. The first-order chi connectivity index (χ1) is 9.27. The molecule has 0 amide bonds. The quantitative estimate of drug-likeness (QED) is 0.490. The summed E-state index contributed by atoms with van der Waals surface area (Å²) in [7, 11) is 0. The molecular weight excluding hydrogens is 242 g/mol. The largest absolute Gasteiger partial charge is 0.466 e. The Balaban J connectivity index is 1.90. The minimum atomic E-state index is -0.0832. The predicted octanol–water partition coefficient (Wildman–Crippen LogP) is 2.50. The van der Waals surface area contributed by atoms with Crippen molar-refractivity contribution in [1.29, 1.82) is 0 Å². The molecule has 0 aromatic carbocycles. The van der Waals surface area contributed by atoms with Gasteiger partial charge in [0.15, 0.2) is 0 Å². The van der Waals surface area contributed by atoms with Crippen LogP contribution in [0.25, 0.3) is 0 Å². The number of nitrogens with two attached hydrogens (primary N) is 1. The second-order valence-corrected chi connectivity index (χ2v) is 5.38. The molecule has 112 valence electrons. The zero-order chi connectivity index (χ0) is 13.9. The van der Waals surface area contributed by atoms with Crippen LogP contribution < -0.4 is 5.73 Å². The Morgan fingerprint density at radius 2 is 2.00 bits per heavy atom. The van der Waals surface area contributed by atoms with Gasteiger partial charge in [0, 0.05) is 19.6 Å². The number of rotatable bonds is 10. The van der Waals surface area contributed by atoms with Gasteiger partial charge < -0.3 is 15.2 Å². The van der Waals surface area contributed by atoms with Crippen molar-refractivity contribution < 1.29 is 14.3 Å². The first-order valence-corrected chi connectivity index (χ1v) is 7.71. The van der Waals surface area contributed by atoms with Crippen molar-refractivity contribution in [1.82, 2.24) is 0 Å². The molecule has 0 heterocycles. The summed E-state index contributed by atoms with van der Waals surface area (Å²) < 4.78 is 10.6. The molecule has 0 spiro atoms. The molecule has 0 bridgehead atoms. The van der Waals surface area contributed by atoms with Gasteiger partial charge in [0.05, 0.1) is 6.61 Å². The van der Waals surface area contributed by atoms with Gasteiger partial charge in [-0.2, -0.15) is 0 Å². The molecule has 1 saturated carbocycles. The van der Waals surface area contributed by atoms with Crippen molar-refractivity contribution in [2.75, 3.05) is 26.4 Å². The number of carbonyl (C=O) groups is 1. The molecule has 1 aliphatic rings. The van der Waals surface area contributed by atoms with E-state index in [0.29, 0.717) is 24.9 Å². The predicted molar refractivity (Wildman–Crippen MR) is 75.8 cm³/mol. The molecule has 0 aliphatic heterocycles. The zero-order valence-electron chi connectivity index (χ0n) is 12.2. The molecule has 0 radical (unpaired) electrons. The van der Waals surface area contributed by atoms with E-state index < -0.39 is 0 Å². The summed E-state index contributed by atoms with van der Waals surface area (Å²) in [5.41, 5.74) is 5.75. The van der Waals surface area contributed by atoms with Crippen LogP contribution in [0.2, 0.25) is 0 Å². The van der Waals surface area contributed by atoms with E-state index in [9.17, 15) is 4.79 Å². The summed E-state index contributed by atoms with van der Waals surface area (Å²) >= 11 is 0. The summed E-state index contributed by atoms with van der Waals surface area (Å²) in [6.07, 6.45) is 7.33. The third-order valence-electron chi connectivity index (χ3n) is 3.93. The molecule has 0 aromatic rings. The van der Waals surface area contributed by atoms with Crippen LogP contribution in [0, 0.1) is 11.8 Å². The maximum atomic E-state index is 11.1. The standard InChI is InChI=1S/C15H29NO3/c1-2-19-15(17)9-4-3-5-10-18-12-14-8-6-7-13(14)11-16/h13-14H,2-12,16H2,1H3. The minimum Gasteiger partial charge on any atom is -0.466 e. The number of ether oxygens (including phenoxy) is 2. The molecule has 1 aliphatic carbocycles. The number of hydrogen-bond acceptors (Lipinski definition) is 4. The molecule has 1 rings (SSSR count). The Kier molecular flexibility index (Phi) is 8.84. The molecule has 2 N–H and O–H groups in total. The number of carbonyl (C=O) groups excluding carboxylic acids is 1. The van der Waals surface area contributed by atoms with Crippen LogP contribution in [-0.4, -0.2) is 32.3 Å². The van der Waals surface area contributed by atoms with Crippen molar-refractivity contribution in [3.8, 4) is 0 Å². The fraction of sp³-hybridized carbons (Fsp3) is 0.933. The second-order valence-electron chi connectivity index (χ2n) is 5.38. The molecule has 1 fully saturated rings. The average Bonchev–Trinajstić information content (AvgIpc) is 2.85. The van der Waals surface area contributed by atoms with Gasteiger partial charge in [-0.1, -0.05) is 12.8 Å². The Bertz CT molecular complexity index is 246. The van der Waals surface area contributed by atoms with Gasteiger partial charge in [-0.25, -0.2) is 0 Å². The summed E-state index contributed by atoms with van der Waals surface area (Å²) in [6, 6.07) is 0. The lowest BCUT2D eigenvalue weighted by Crippen LogP contribution is -2.22. The van der Waals surface area contributed by atoms with E-state index in [-0.39, 0.29) is 5.97 Å². The van der Waals surface area contributed by atoms with Crippen molar-refractivity contribution in [2.24, 2.45) is 17.6 Å². The molecule has 19 heavy (non-hydrogen) atoms. The van der Waals surface area contributed by atoms with Crippen LogP contribution in [-0.2, 0) is 14.3 Å². The molecule has 2 unspecified atom stereocenters. The summed E-state index contributed by atoms with van der Waals surface area (Å²) in [6.45, 7) is 4.78. The second kappa shape index (κ2) is 10.2. The van der Waals surface area contributed by atoms with Gasteiger partial charge in [-0.15, -0.1) is 0 Å². The minimum absolute atomic E-state index is 0.0832. The Labute approximate surface area is 117 Å². The monoisotopic (exact) mass is 271 g/mol. The highest BCUT2D eigenvalue weighted by atomic mass is 16.5. The van der Waals surface area contributed by atoms with E-state index in [4.69, 9.17) is 15.2 Å². The number of unbranched alkanes of at least 4 members (excludes halogenated alkanes) is 2. The van der Waals surface area contributed by atoms with Crippen molar-refractivity contribution in [2.45, 2.75) is 51.9 Å². The maximum Gasteiger partial charge on any atom is 0.305 e. The van der Waals surface area contributed by atoms with Crippen LogP contribution in [0.5, 0.6) is 0 Å². The van der Waals surface area contributed by atoms with Gasteiger partial charge in [-0.3, -0.25) is 4.79 Å². The number of esters is 1. The smallest absolute Gasteiger partial charge is 0.305 e. The van der Waals surface area contributed by atoms with Gasteiger partial charge in [0.2, 0.25) is 0 Å². The van der Waals surface area contributed by atoms with Crippen molar-refractivity contribution >= 4 is 5.97 Å². The molecule has 4 heteroatoms. The van der Waals surface area contributed by atoms with Crippen molar-refractivity contribution in [3.63, 3.8) is 0 Å². The Morgan fingerprint density at radius 1 is 1.21 bits per heavy atom. The van der Waals surface area contributed by atoms with Crippen LogP contribution in [0.15, 0.2) is 0 Å². The third-order valence-corrected chi connectivity index (χ3v) is 3.93. The molecule has 4 nitrogen and oxygen atoms in total. The normalized spacial score (nSPS) is 22.6. The van der Waals surface area contributed by atoms with Crippen molar-refractivity contribution in [3.05, 3.63) is 0 Å². The lowest BCUT2D eigenvalue weighted by molar-refractivity contribution is -0.143. The fourth-order valence-electron chi connectivity index (χ4n) is 2.76. The lowest BCUT2D eigenvalue weighted by atomic mass is 9.97. The van der Waals surface area contributed by atoms with E-state index >= 15 is 0 Å². The first-order valence-electron chi connectivity index (χ1n) is 7.71. The summed E-state index contributed by atoms with van der Waals surface area (Å²) in [5, 5.41) is 0. The summed E-state index contributed by atoms with van der Waals surface area (Å²) in [5.74, 6) is 1.26. The van der Waals surface area contributed by atoms with E-state index in [0.717, 1.165) is 39.0 Å². The maximum absolute atomic E-state index is 11.1. The Hall–Kier alpha value is -0.610. The highest BCUT2D eigenvalue weighted by Gasteiger charge is 2.25. The first kappa shape index (κ1) is 16.4. The third kappa shape index (κ3) is 6.92. The van der Waals surface area contributed by atoms with E-state index in [1.165, 1.54) is 19.3 Å². The van der Waals surface area contributed by atoms with Gasteiger partial charge >= 0.3 is 5.97 Å². The highest BCUT2D eigenvalue weighted by molar-refractivity contribution is 5.69. The van der Waals surface area contributed by atoms with Crippen LogP contribution in [0.1, 0.15) is 51.9 Å². The molecular formula is C15H29NO3. The fourth-order valence-corrected chi connectivity index (χ4v) is 2.76. The van der Waals surface area contributed by atoms with Gasteiger partial charge in [0.25, 0.3) is 0 Å². The average molecular weight is 271 g/mol. The molecule has 0 aromatic heterocycles. The van der Waals surface area contributed by atoms with E-state index in [2.05, 4.69) is 0 Å². The van der Waals surface area contributed by atoms with E-state index in [1.54, 1.807) is 0 Å². The lowest BCUT2D eigenvalue weighted by Gasteiger charge is -2.17. The summed E-state index contributed by atoms with van der Waals surface area (Å²) in [4.78, 5) is 11.1.